The SMILES string of the molecule is CC1=CC=CC(C)(B(C2(C)C=CC=C(C)C2)C2(C)C=CC=C(C)C2)C1. The first-order valence-corrected chi connectivity index (χ1v) is 9.72. The Balaban J connectivity index is 2.10. The second-order valence-corrected chi connectivity index (χ2v) is 9.60. The maximum absolute atomic E-state index is 2.49. The lowest BCUT2D eigenvalue weighted by molar-refractivity contribution is 0.560. The fraction of sp³-hybridized carbons (Fsp3) is 0.500. The Morgan fingerprint density at radius 3 is 1.12 bits per heavy atom. The first-order chi connectivity index (χ1) is 11.7. The Kier molecular flexibility index (Phi) is 4.64. The van der Waals surface area contributed by atoms with E-state index < -0.39 is 0 Å². The van der Waals surface area contributed by atoms with Crippen molar-refractivity contribution >= 4 is 6.71 Å². The third kappa shape index (κ3) is 3.43. The summed E-state index contributed by atoms with van der Waals surface area (Å²) in [5.41, 5.74) is 4.50. The monoisotopic (exact) mass is 332 g/mol. The number of hydrogen-bond acceptors (Lipinski definition) is 0. The van der Waals surface area contributed by atoms with Crippen LogP contribution in [0.5, 0.6) is 0 Å². The van der Waals surface area contributed by atoms with Crippen molar-refractivity contribution < 1.29 is 0 Å². The summed E-state index contributed by atoms with van der Waals surface area (Å²) in [7, 11) is 0. The van der Waals surface area contributed by atoms with Crippen molar-refractivity contribution in [2.45, 2.75) is 76.7 Å². The number of rotatable bonds is 3. The van der Waals surface area contributed by atoms with Gasteiger partial charge in [-0.25, -0.2) is 0 Å². The van der Waals surface area contributed by atoms with E-state index in [1.807, 2.05) is 0 Å². The first-order valence-electron chi connectivity index (χ1n) is 9.72. The summed E-state index contributed by atoms with van der Waals surface area (Å²) in [6, 6.07) is 0. The molecule has 0 aromatic heterocycles. The third-order valence-corrected chi connectivity index (χ3v) is 6.53. The van der Waals surface area contributed by atoms with E-state index in [0.29, 0.717) is 6.71 Å². The van der Waals surface area contributed by atoms with Gasteiger partial charge in [0.1, 0.15) is 0 Å². The molecule has 3 aliphatic carbocycles. The van der Waals surface area contributed by atoms with Crippen molar-refractivity contribution in [1.82, 2.24) is 0 Å². The van der Waals surface area contributed by atoms with Gasteiger partial charge in [0.25, 0.3) is 0 Å². The van der Waals surface area contributed by atoms with Gasteiger partial charge in [-0.3, -0.25) is 0 Å². The molecule has 3 unspecified atom stereocenters. The second-order valence-electron chi connectivity index (χ2n) is 9.60. The van der Waals surface area contributed by atoms with Gasteiger partial charge in [0.05, 0.1) is 0 Å². The molecule has 3 rings (SSSR count). The van der Waals surface area contributed by atoms with Crippen molar-refractivity contribution in [3.05, 3.63) is 71.4 Å². The van der Waals surface area contributed by atoms with Crippen molar-refractivity contribution in [2.75, 3.05) is 0 Å². The molecule has 0 aliphatic heterocycles. The zero-order chi connectivity index (χ0) is 18.3. The lowest BCUT2D eigenvalue weighted by atomic mass is 9.12. The summed E-state index contributed by atoms with van der Waals surface area (Å²) < 4.78 is 0. The molecule has 3 atom stereocenters. The number of allylic oxidation sites excluding steroid dienone is 12. The Labute approximate surface area is 155 Å². The van der Waals surface area contributed by atoms with Crippen molar-refractivity contribution in [3.63, 3.8) is 0 Å². The highest BCUT2D eigenvalue weighted by molar-refractivity contribution is 6.70. The van der Waals surface area contributed by atoms with Crippen LogP contribution in [0.25, 0.3) is 0 Å². The highest BCUT2D eigenvalue weighted by Gasteiger charge is 2.55. The van der Waals surface area contributed by atoms with Gasteiger partial charge < -0.3 is 0 Å². The zero-order valence-electron chi connectivity index (χ0n) is 16.9. The molecule has 0 bridgehead atoms. The molecule has 0 nitrogen and oxygen atoms in total. The lowest BCUT2D eigenvalue weighted by Gasteiger charge is -2.53. The molecular formula is C24H33B. The third-order valence-electron chi connectivity index (χ3n) is 6.53. The smallest absolute Gasteiger partial charge is 0.0855 e. The van der Waals surface area contributed by atoms with Crippen LogP contribution in [0.4, 0.5) is 0 Å². The molecule has 3 aliphatic rings. The topological polar surface area (TPSA) is 0 Å². The normalized spacial score (nSPS) is 37.4. The molecule has 0 saturated heterocycles. The molecule has 0 fully saturated rings. The molecule has 0 amide bonds. The first kappa shape index (κ1) is 18.3. The van der Waals surface area contributed by atoms with Gasteiger partial charge in [-0.1, -0.05) is 92.2 Å². The molecule has 0 saturated carbocycles. The molecule has 0 spiro atoms. The van der Waals surface area contributed by atoms with Crippen LogP contribution in [0.3, 0.4) is 0 Å². The van der Waals surface area contributed by atoms with Gasteiger partial charge in [0.2, 0.25) is 0 Å². The van der Waals surface area contributed by atoms with Gasteiger partial charge >= 0.3 is 0 Å². The molecular weight excluding hydrogens is 299 g/mol. The van der Waals surface area contributed by atoms with Gasteiger partial charge in [0, 0.05) is 0 Å². The van der Waals surface area contributed by atoms with E-state index in [-0.39, 0.29) is 15.9 Å². The van der Waals surface area contributed by atoms with E-state index in [1.54, 1.807) is 0 Å². The molecule has 0 aromatic carbocycles. The highest BCUT2D eigenvalue weighted by Crippen LogP contribution is 2.63. The molecule has 25 heavy (non-hydrogen) atoms. The molecule has 0 aromatic rings. The molecule has 0 radical (unpaired) electrons. The van der Waals surface area contributed by atoms with Crippen LogP contribution in [-0.4, -0.2) is 6.71 Å². The Morgan fingerprint density at radius 1 is 0.600 bits per heavy atom. The minimum atomic E-state index is 0.173. The van der Waals surface area contributed by atoms with E-state index in [2.05, 4.69) is 96.2 Å². The van der Waals surface area contributed by atoms with Crippen LogP contribution in [0, 0.1) is 0 Å². The Bertz CT molecular complexity index is 629. The standard InChI is InChI=1S/C24H33B/c1-19-10-7-13-22(4,16-19)25(23(5)14-8-11-20(2)17-23)24(6)15-9-12-21(3)18-24/h7-15H,16-18H2,1-6H3. The van der Waals surface area contributed by atoms with Crippen LogP contribution >= 0.6 is 0 Å². The van der Waals surface area contributed by atoms with Crippen molar-refractivity contribution in [1.29, 1.82) is 0 Å². The molecule has 0 N–H and O–H groups in total. The lowest BCUT2D eigenvalue weighted by Crippen LogP contribution is -2.48. The Morgan fingerprint density at radius 2 is 0.880 bits per heavy atom. The summed E-state index contributed by atoms with van der Waals surface area (Å²) in [5.74, 6) is 0. The van der Waals surface area contributed by atoms with E-state index in [9.17, 15) is 0 Å². The summed E-state index contributed by atoms with van der Waals surface area (Å²) in [5, 5.41) is 0.519. The summed E-state index contributed by atoms with van der Waals surface area (Å²) in [6.45, 7) is 14.9. The summed E-state index contributed by atoms with van der Waals surface area (Å²) in [6.07, 6.45) is 24.7. The fourth-order valence-electron chi connectivity index (χ4n) is 6.31. The van der Waals surface area contributed by atoms with E-state index in [1.165, 1.54) is 16.7 Å². The van der Waals surface area contributed by atoms with Gasteiger partial charge in [-0.05, 0) is 56.0 Å². The Hall–Kier alpha value is -1.50. The molecule has 1 heteroatoms. The maximum Gasteiger partial charge on any atom is 0.173 e. The quantitative estimate of drug-likeness (QED) is 0.470. The largest absolute Gasteiger partial charge is 0.173 e. The molecule has 0 heterocycles. The van der Waals surface area contributed by atoms with Crippen LogP contribution in [0.1, 0.15) is 60.8 Å². The van der Waals surface area contributed by atoms with Crippen molar-refractivity contribution in [3.8, 4) is 0 Å². The van der Waals surface area contributed by atoms with Crippen molar-refractivity contribution in [2.24, 2.45) is 0 Å². The molecule has 132 valence electrons. The van der Waals surface area contributed by atoms with E-state index in [0.717, 1.165) is 19.3 Å². The average molecular weight is 332 g/mol. The highest BCUT2D eigenvalue weighted by atomic mass is 14.4. The van der Waals surface area contributed by atoms with E-state index in [4.69, 9.17) is 0 Å². The maximum atomic E-state index is 2.49. The summed E-state index contributed by atoms with van der Waals surface area (Å²) >= 11 is 0. The zero-order valence-corrected chi connectivity index (χ0v) is 16.9. The predicted molar refractivity (Wildman–Crippen MR) is 113 cm³/mol. The van der Waals surface area contributed by atoms with Crippen LogP contribution in [0.15, 0.2) is 71.4 Å². The van der Waals surface area contributed by atoms with Gasteiger partial charge in [0.15, 0.2) is 6.71 Å². The predicted octanol–water partition coefficient (Wildman–Crippen LogP) is 7.48. The second kappa shape index (κ2) is 6.34. The van der Waals surface area contributed by atoms with E-state index >= 15 is 0 Å². The van der Waals surface area contributed by atoms with Crippen LogP contribution in [-0.2, 0) is 0 Å². The summed E-state index contributed by atoms with van der Waals surface area (Å²) in [4.78, 5) is 0. The van der Waals surface area contributed by atoms with Gasteiger partial charge in [-0.2, -0.15) is 0 Å². The number of hydrogen-bond donors (Lipinski definition) is 0. The fourth-order valence-corrected chi connectivity index (χ4v) is 6.31. The average Bonchev–Trinajstić information content (AvgIpc) is 2.44. The minimum absolute atomic E-state index is 0.173. The van der Waals surface area contributed by atoms with Gasteiger partial charge in [-0.15, -0.1) is 0 Å². The van der Waals surface area contributed by atoms with Crippen LogP contribution < -0.4 is 0 Å². The van der Waals surface area contributed by atoms with Crippen LogP contribution in [0.2, 0.25) is 15.9 Å². The minimum Gasteiger partial charge on any atom is -0.0855 e.